The summed E-state index contributed by atoms with van der Waals surface area (Å²) in [4.78, 5) is 50.7. The number of methoxy groups -OCH3 is 1. The Bertz CT molecular complexity index is 2390. The Morgan fingerprint density at radius 2 is 1.24 bits per heavy atom. The number of carbonyl (C=O) groups is 3. The molecule has 0 fully saturated rings. The minimum atomic E-state index is -1.26. The van der Waals surface area contributed by atoms with Gasteiger partial charge in [-0.3, -0.25) is 20.2 Å². The van der Waals surface area contributed by atoms with Crippen molar-refractivity contribution >= 4 is 23.7 Å². The van der Waals surface area contributed by atoms with Gasteiger partial charge in [0.05, 0.1) is 17.6 Å². The van der Waals surface area contributed by atoms with Gasteiger partial charge in [0.1, 0.15) is 24.4 Å². The smallest absolute Gasteiger partial charge is 0.407 e. The number of nitro benzene ring substituents is 1. The van der Waals surface area contributed by atoms with Gasteiger partial charge in [0, 0.05) is 24.5 Å². The Hall–Kier alpha value is -7.31. The van der Waals surface area contributed by atoms with Gasteiger partial charge in [0.2, 0.25) is 5.91 Å². The second-order valence-electron chi connectivity index (χ2n) is 15.2. The molecule has 0 radical (unpaired) electrons. The van der Waals surface area contributed by atoms with Gasteiger partial charge in [0.15, 0.2) is 0 Å². The van der Waals surface area contributed by atoms with Crippen LogP contribution in [-0.2, 0) is 26.3 Å². The molecule has 6 aromatic carbocycles. The second kappa shape index (κ2) is 19.8. The van der Waals surface area contributed by atoms with Crippen LogP contribution in [0, 0.1) is 10.1 Å². The van der Waals surface area contributed by atoms with E-state index in [2.05, 4.69) is 40.2 Å². The number of nitrogens with one attached hydrogen (secondary N) is 3. The number of fused-ring (bicyclic) bond motifs is 3. The summed E-state index contributed by atoms with van der Waals surface area (Å²) in [6, 6.07) is 47.1. The molecule has 0 aliphatic heterocycles. The fraction of sp³-hybridized carbons (Fsp3) is 0.220. The lowest BCUT2D eigenvalue weighted by Crippen LogP contribution is -2.52. The zero-order chi connectivity index (χ0) is 43.5. The number of unbranched alkanes of at least 4 members (excludes halogenated alkanes) is 1. The van der Waals surface area contributed by atoms with Gasteiger partial charge in [-0.05, 0) is 82.4 Å². The SMILES string of the molecule is COc1ccc(C(NCCCCC(NC(=O)C(Cc2ccc([N+](=O)[O-])cc2)NC(=O)OCC2c3ccccc3-c3ccccc32)C(=O)O)(c2ccccc2)c2ccccc2)cc1. The van der Waals surface area contributed by atoms with Crippen molar-refractivity contribution in [3.05, 3.63) is 201 Å². The fourth-order valence-electron chi connectivity index (χ4n) is 8.28. The molecule has 6 aromatic rings. The van der Waals surface area contributed by atoms with Crippen LogP contribution in [0.15, 0.2) is 158 Å². The lowest BCUT2D eigenvalue weighted by molar-refractivity contribution is -0.384. The van der Waals surface area contributed by atoms with E-state index in [1.165, 1.54) is 24.3 Å². The highest BCUT2D eigenvalue weighted by atomic mass is 16.6. The van der Waals surface area contributed by atoms with Crippen molar-refractivity contribution in [3.8, 4) is 16.9 Å². The Morgan fingerprint density at radius 3 is 1.79 bits per heavy atom. The maximum Gasteiger partial charge on any atom is 0.407 e. The summed E-state index contributed by atoms with van der Waals surface area (Å²) < 4.78 is 11.2. The number of rotatable bonds is 19. The van der Waals surface area contributed by atoms with Crippen LogP contribution < -0.4 is 20.7 Å². The molecule has 4 N–H and O–H groups in total. The molecule has 7 rings (SSSR count). The molecule has 0 saturated heterocycles. The van der Waals surface area contributed by atoms with Crippen LogP contribution >= 0.6 is 0 Å². The number of nitro groups is 1. The highest BCUT2D eigenvalue weighted by Crippen LogP contribution is 2.44. The Morgan fingerprint density at radius 1 is 0.694 bits per heavy atom. The van der Waals surface area contributed by atoms with Gasteiger partial charge in [-0.25, -0.2) is 9.59 Å². The first kappa shape index (κ1) is 42.8. The van der Waals surface area contributed by atoms with Crippen LogP contribution in [0.3, 0.4) is 0 Å². The standard InChI is InChI=1S/C50H48N4O8/c1-61-39-29-25-37(26-30-39)50(35-14-4-2-5-15-35,36-16-6-3-7-17-36)51-31-13-12-22-45(48(56)57)52-47(55)46(32-34-23-27-38(28-24-34)54(59)60)53-49(58)62-33-44-42-20-10-8-18-40(42)41-19-9-11-21-43(41)44/h2-11,14-21,23-30,44-46,51H,12-13,22,31-33H2,1H3,(H,52,55)(H,53,58)(H,56,57). The van der Waals surface area contributed by atoms with E-state index >= 15 is 0 Å². The maximum atomic E-state index is 13.9. The van der Waals surface area contributed by atoms with Crippen LogP contribution in [0.2, 0.25) is 0 Å². The Balaban J connectivity index is 1.03. The summed E-state index contributed by atoms with van der Waals surface area (Å²) in [5.74, 6) is -1.44. The van der Waals surface area contributed by atoms with E-state index in [1.807, 2.05) is 109 Å². The zero-order valence-electron chi connectivity index (χ0n) is 34.2. The van der Waals surface area contributed by atoms with Crippen molar-refractivity contribution < 1.29 is 33.9 Å². The monoisotopic (exact) mass is 832 g/mol. The molecule has 1 aliphatic carbocycles. The second-order valence-corrected chi connectivity index (χ2v) is 15.2. The summed E-state index contributed by atoms with van der Waals surface area (Å²) in [5.41, 5.74) is 6.85. The summed E-state index contributed by atoms with van der Waals surface area (Å²) in [6.45, 7) is 0.508. The van der Waals surface area contributed by atoms with E-state index in [0.29, 0.717) is 24.9 Å². The first-order chi connectivity index (χ1) is 30.2. The van der Waals surface area contributed by atoms with Crippen LogP contribution in [-0.4, -0.2) is 60.3 Å². The van der Waals surface area contributed by atoms with Gasteiger partial charge in [0.25, 0.3) is 5.69 Å². The van der Waals surface area contributed by atoms with E-state index in [1.54, 1.807) is 7.11 Å². The molecule has 12 heteroatoms. The first-order valence-electron chi connectivity index (χ1n) is 20.6. The first-order valence-corrected chi connectivity index (χ1v) is 20.6. The van der Waals surface area contributed by atoms with Crippen molar-refractivity contribution in [3.63, 3.8) is 0 Å². The van der Waals surface area contributed by atoms with Gasteiger partial charge in [-0.15, -0.1) is 0 Å². The molecule has 0 spiro atoms. The summed E-state index contributed by atoms with van der Waals surface area (Å²) >= 11 is 0. The van der Waals surface area contributed by atoms with Crippen LogP contribution in [0.4, 0.5) is 10.5 Å². The van der Waals surface area contributed by atoms with Crippen LogP contribution in [0.5, 0.6) is 5.75 Å². The number of non-ortho nitro benzene ring substituents is 1. The number of carboxylic acid groups (broad SMARTS) is 1. The molecule has 2 amide bonds. The topological polar surface area (TPSA) is 169 Å². The molecule has 0 bridgehead atoms. The average molecular weight is 833 g/mol. The molecule has 12 nitrogen and oxygen atoms in total. The Kier molecular flexibility index (Phi) is 13.7. The molecule has 0 saturated carbocycles. The number of carbonyl (C=O) groups excluding carboxylic acids is 2. The maximum absolute atomic E-state index is 13.9. The number of carboxylic acids is 1. The summed E-state index contributed by atoms with van der Waals surface area (Å²) in [5, 5.41) is 30.7. The number of benzene rings is 6. The molecule has 0 aromatic heterocycles. The van der Waals surface area contributed by atoms with Crippen molar-refractivity contribution in [2.75, 3.05) is 20.3 Å². The van der Waals surface area contributed by atoms with Crippen molar-refractivity contribution in [2.24, 2.45) is 0 Å². The Labute approximate surface area is 360 Å². The molecular weight excluding hydrogens is 785 g/mol. The third-order valence-corrected chi connectivity index (χ3v) is 11.4. The normalized spacial score (nSPS) is 12.9. The number of ether oxygens (including phenoxy) is 2. The predicted octanol–water partition coefficient (Wildman–Crippen LogP) is 8.37. The van der Waals surface area contributed by atoms with Gasteiger partial charge >= 0.3 is 12.1 Å². The van der Waals surface area contributed by atoms with E-state index in [4.69, 9.17) is 9.47 Å². The van der Waals surface area contributed by atoms with Gasteiger partial charge < -0.3 is 25.2 Å². The molecular formula is C50H48N4O8. The van der Waals surface area contributed by atoms with Gasteiger partial charge in [-0.1, -0.05) is 133 Å². The largest absolute Gasteiger partial charge is 0.497 e. The molecule has 2 unspecified atom stereocenters. The summed E-state index contributed by atoms with van der Waals surface area (Å²) in [6.07, 6.45) is 0.200. The third-order valence-electron chi connectivity index (χ3n) is 11.4. The number of hydrogen-bond donors (Lipinski definition) is 4. The number of nitrogens with zero attached hydrogens (tertiary/aromatic N) is 1. The average Bonchev–Trinajstić information content (AvgIpc) is 3.63. The highest BCUT2D eigenvalue weighted by Gasteiger charge is 2.36. The van der Waals surface area contributed by atoms with Crippen molar-refractivity contribution in [1.29, 1.82) is 0 Å². The zero-order valence-corrected chi connectivity index (χ0v) is 34.2. The van der Waals surface area contributed by atoms with Crippen molar-refractivity contribution in [1.82, 2.24) is 16.0 Å². The third kappa shape index (κ3) is 9.66. The molecule has 62 heavy (non-hydrogen) atoms. The minimum absolute atomic E-state index is 0.00577. The lowest BCUT2D eigenvalue weighted by Gasteiger charge is -2.37. The predicted molar refractivity (Wildman–Crippen MR) is 236 cm³/mol. The van der Waals surface area contributed by atoms with Gasteiger partial charge in [-0.2, -0.15) is 0 Å². The molecule has 316 valence electrons. The molecule has 1 aliphatic rings. The van der Waals surface area contributed by atoms with Crippen LogP contribution in [0.1, 0.15) is 58.6 Å². The van der Waals surface area contributed by atoms with E-state index < -0.39 is 40.5 Å². The quantitative estimate of drug-likeness (QED) is 0.0271. The van der Waals surface area contributed by atoms with Crippen LogP contribution in [0.25, 0.3) is 11.1 Å². The number of amides is 2. The fourth-order valence-corrected chi connectivity index (χ4v) is 8.28. The highest BCUT2D eigenvalue weighted by molar-refractivity contribution is 5.89. The van der Waals surface area contributed by atoms with E-state index in [0.717, 1.165) is 44.7 Å². The lowest BCUT2D eigenvalue weighted by atomic mass is 9.77. The number of hydrogen-bond acceptors (Lipinski definition) is 8. The molecule has 2 atom stereocenters. The van der Waals surface area contributed by atoms with E-state index in [9.17, 15) is 29.6 Å². The van der Waals surface area contributed by atoms with E-state index in [-0.39, 0.29) is 31.1 Å². The number of aliphatic carboxylic acids is 1. The minimum Gasteiger partial charge on any atom is -0.497 e. The van der Waals surface area contributed by atoms with Crippen molar-refractivity contribution in [2.45, 2.75) is 49.2 Å². The summed E-state index contributed by atoms with van der Waals surface area (Å²) in [7, 11) is 1.63. The number of alkyl carbamates (subject to hydrolysis) is 1. The molecule has 0 heterocycles.